The SMILES string of the molecule is Cc1cccc(-n2nnnc2CC(C)N)c1. The molecule has 5 nitrogen and oxygen atoms in total. The van der Waals surface area contributed by atoms with Gasteiger partial charge in [-0.25, -0.2) is 0 Å². The topological polar surface area (TPSA) is 69.6 Å². The highest BCUT2D eigenvalue weighted by molar-refractivity contribution is 5.34. The van der Waals surface area contributed by atoms with Gasteiger partial charge >= 0.3 is 0 Å². The van der Waals surface area contributed by atoms with E-state index in [4.69, 9.17) is 5.73 Å². The van der Waals surface area contributed by atoms with Crippen LogP contribution in [0.25, 0.3) is 5.69 Å². The predicted molar refractivity (Wildman–Crippen MR) is 61.2 cm³/mol. The van der Waals surface area contributed by atoms with Crippen molar-refractivity contribution in [2.45, 2.75) is 26.3 Å². The first kappa shape index (κ1) is 10.8. The third kappa shape index (κ3) is 2.25. The van der Waals surface area contributed by atoms with Crippen LogP contribution < -0.4 is 5.73 Å². The highest BCUT2D eigenvalue weighted by atomic mass is 15.5. The Labute approximate surface area is 94.3 Å². The molecular formula is C11H15N5. The van der Waals surface area contributed by atoms with E-state index in [1.807, 2.05) is 38.1 Å². The Balaban J connectivity index is 2.37. The first-order valence-corrected chi connectivity index (χ1v) is 5.26. The number of aromatic nitrogens is 4. The zero-order valence-corrected chi connectivity index (χ0v) is 9.46. The summed E-state index contributed by atoms with van der Waals surface area (Å²) >= 11 is 0. The van der Waals surface area contributed by atoms with Gasteiger partial charge in [0.15, 0.2) is 5.82 Å². The molecule has 1 heterocycles. The number of nitrogens with two attached hydrogens (primary N) is 1. The minimum Gasteiger partial charge on any atom is -0.328 e. The minimum atomic E-state index is 0.0505. The lowest BCUT2D eigenvalue weighted by Crippen LogP contribution is -2.20. The normalized spacial score (nSPS) is 12.7. The van der Waals surface area contributed by atoms with Gasteiger partial charge < -0.3 is 5.73 Å². The molecule has 0 bridgehead atoms. The largest absolute Gasteiger partial charge is 0.328 e. The lowest BCUT2D eigenvalue weighted by Gasteiger charge is -2.06. The van der Waals surface area contributed by atoms with Crippen molar-refractivity contribution in [3.8, 4) is 5.69 Å². The van der Waals surface area contributed by atoms with Gasteiger partial charge in [-0.3, -0.25) is 0 Å². The van der Waals surface area contributed by atoms with Crippen LogP contribution in [0.2, 0.25) is 0 Å². The second kappa shape index (κ2) is 4.40. The summed E-state index contributed by atoms with van der Waals surface area (Å²) in [4.78, 5) is 0. The van der Waals surface area contributed by atoms with Crippen molar-refractivity contribution in [3.63, 3.8) is 0 Å². The Bertz CT molecular complexity index is 475. The van der Waals surface area contributed by atoms with Crippen LogP contribution in [-0.4, -0.2) is 26.2 Å². The zero-order valence-electron chi connectivity index (χ0n) is 9.46. The van der Waals surface area contributed by atoms with Crippen molar-refractivity contribution in [2.24, 2.45) is 5.73 Å². The summed E-state index contributed by atoms with van der Waals surface area (Å²) in [5.74, 6) is 0.792. The Kier molecular flexibility index (Phi) is 2.96. The van der Waals surface area contributed by atoms with Crippen molar-refractivity contribution in [1.82, 2.24) is 20.2 Å². The summed E-state index contributed by atoms with van der Waals surface area (Å²) in [6, 6.07) is 8.10. The van der Waals surface area contributed by atoms with E-state index in [-0.39, 0.29) is 6.04 Å². The Morgan fingerprint density at radius 1 is 1.44 bits per heavy atom. The summed E-state index contributed by atoms with van der Waals surface area (Å²) in [6.07, 6.45) is 0.668. The molecule has 0 amide bonds. The quantitative estimate of drug-likeness (QED) is 0.827. The number of aryl methyl sites for hydroxylation is 1. The number of hydrogen-bond donors (Lipinski definition) is 1. The van der Waals surface area contributed by atoms with E-state index in [1.54, 1.807) is 4.68 Å². The summed E-state index contributed by atoms with van der Waals surface area (Å²) in [5, 5.41) is 11.7. The molecule has 84 valence electrons. The molecule has 0 saturated heterocycles. The van der Waals surface area contributed by atoms with Crippen LogP contribution in [0.3, 0.4) is 0 Å². The van der Waals surface area contributed by atoms with Gasteiger partial charge in [0.2, 0.25) is 0 Å². The first-order chi connectivity index (χ1) is 7.66. The Hall–Kier alpha value is -1.75. The fraction of sp³-hybridized carbons (Fsp3) is 0.364. The fourth-order valence-electron chi connectivity index (χ4n) is 1.58. The van der Waals surface area contributed by atoms with E-state index >= 15 is 0 Å². The van der Waals surface area contributed by atoms with Crippen LogP contribution >= 0.6 is 0 Å². The molecule has 16 heavy (non-hydrogen) atoms. The highest BCUT2D eigenvalue weighted by Crippen LogP contribution is 2.10. The Morgan fingerprint density at radius 3 is 2.94 bits per heavy atom. The van der Waals surface area contributed by atoms with Crippen LogP contribution in [0.1, 0.15) is 18.3 Å². The molecule has 0 fully saturated rings. The lowest BCUT2D eigenvalue weighted by atomic mass is 10.2. The number of hydrogen-bond acceptors (Lipinski definition) is 4. The maximum absolute atomic E-state index is 5.75. The van der Waals surface area contributed by atoms with Crippen LogP contribution in [-0.2, 0) is 6.42 Å². The van der Waals surface area contributed by atoms with Crippen LogP contribution in [0.5, 0.6) is 0 Å². The van der Waals surface area contributed by atoms with E-state index in [0.717, 1.165) is 11.5 Å². The van der Waals surface area contributed by atoms with Gasteiger partial charge in [0.05, 0.1) is 5.69 Å². The van der Waals surface area contributed by atoms with E-state index in [2.05, 4.69) is 15.5 Å². The average Bonchev–Trinajstić information content (AvgIpc) is 2.65. The lowest BCUT2D eigenvalue weighted by molar-refractivity contribution is 0.674. The van der Waals surface area contributed by atoms with Gasteiger partial charge in [-0.2, -0.15) is 4.68 Å². The smallest absolute Gasteiger partial charge is 0.158 e. The zero-order chi connectivity index (χ0) is 11.5. The summed E-state index contributed by atoms with van der Waals surface area (Å²) < 4.78 is 1.73. The van der Waals surface area contributed by atoms with Crippen molar-refractivity contribution in [1.29, 1.82) is 0 Å². The predicted octanol–water partition coefficient (Wildman–Crippen LogP) is 0.860. The van der Waals surface area contributed by atoms with Crippen molar-refractivity contribution < 1.29 is 0 Å². The van der Waals surface area contributed by atoms with Gasteiger partial charge in [-0.1, -0.05) is 12.1 Å². The summed E-state index contributed by atoms with van der Waals surface area (Å²) in [6.45, 7) is 3.98. The molecule has 5 heteroatoms. The molecule has 0 radical (unpaired) electrons. The Morgan fingerprint density at radius 2 is 2.25 bits per heavy atom. The second-order valence-electron chi connectivity index (χ2n) is 4.03. The highest BCUT2D eigenvalue weighted by Gasteiger charge is 2.09. The molecule has 1 aromatic carbocycles. The fourth-order valence-corrected chi connectivity index (χ4v) is 1.58. The van der Waals surface area contributed by atoms with Gasteiger partial charge in [0.1, 0.15) is 0 Å². The number of nitrogens with zero attached hydrogens (tertiary/aromatic N) is 4. The van der Waals surface area contributed by atoms with Crippen LogP contribution in [0.4, 0.5) is 0 Å². The third-order valence-corrected chi connectivity index (χ3v) is 2.28. The van der Waals surface area contributed by atoms with E-state index in [0.29, 0.717) is 6.42 Å². The molecule has 0 saturated carbocycles. The van der Waals surface area contributed by atoms with Crippen molar-refractivity contribution >= 4 is 0 Å². The molecule has 2 rings (SSSR count). The maximum Gasteiger partial charge on any atom is 0.158 e. The maximum atomic E-state index is 5.75. The van der Waals surface area contributed by atoms with Crippen molar-refractivity contribution in [2.75, 3.05) is 0 Å². The standard InChI is InChI=1S/C11H15N5/c1-8-4-3-5-10(6-8)16-11(7-9(2)12)13-14-15-16/h3-6,9H,7,12H2,1-2H3. The van der Waals surface area contributed by atoms with Crippen LogP contribution in [0.15, 0.2) is 24.3 Å². The molecule has 1 unspecified atom stereocenters. The second-order valence-corrected chi connectivity index (χ2v) is 4.03. The molecule has 0 spiro atoms. The molecular weight excluding hydrogens is 202 g/mol. The van der Waals surface area contributed by atoms with Crippen molar-refractivity contribution in [3.05, 3.63) is 35.7 Å². The van der Waals surface area contributed by atoms with E-state index in [1.165, 1.54) is 5.56 Å². The molecule has 0 aliphatic carbocycles. The third-order valence-electron chi connectivity index (χ3n) is 2.28. The molecule has 2 N–H and O–H groups in total. The summed E-state index contributed by atoms with van der Waals surface area (Å²) in [5.41, 5.74) is 7.90. The number of rotatable bonds is 3. The monoisotopic (exact) mass is 217 g/mol. The number of benzene rings is 1. The van der Waals surface area contributed by atoms with E-state index in [9.17, 15) is 0 Å². The van der Waals surface area contributed by atoms with Gasteiger partial charge in [0, 0.05) is 12.5 Å². The molecule has 1 aromatic heterocycles. The van der Waals surface area contributed by atoms with Gasteiger partial charge in [-0.05, 0) is 42.0 Å². The minimum absolute atomic E-state index is 0.0505. The molecule has 1 atom stereocenters. The van der Waals surface area contributed by atoms with Gasteiger partial charge in [0.25, 0.3) is 0 Å². The molecule has 0 aliphatic heterocycles. The number of tetrazole rings is 1. The first-order valence-electron chi connectivity index (χ1n) is 5.26. The average molecular weight is 217 g/mol. The molecule has 0 aliphatic rings. The summed E-state index contributed by atoms with van der Waals surface area (Å²) in [7, 11) is 0. The molecule has 2 aromatic rings. The van der Waals surface area contributed by atoms with Crippen LogP contribution in [0, 0.1) is 6.92 Å². The van der Waals surface area contributed by atoms with E-state index < -0.39 is 0 Å². The van der Waals surface area contributed by atoms with Gasteiger partial charge in [-0.15, -0.1) is 5.10 Å².